The van der Waals surface area contributed by atoms with Gasteiger partial charge in [-0.2, -0.15) is 0 Å². The van der Waals surface area contributed by atoms with Crippen LogP contribution >= 0.6 is 11.8 Å². The molecule has 6 nitrogen and oxygen atoms in total. The van der Waals surface area contributed by atoms with Crippen molar-refractivity contribution in [2.45, 2.75) is 6.04 Å². The van der Waals surface area contributed by atoms with Gasteiger partial charge in [-0.15, -0.1) is 11.8 Å². The number of aliphatic carboxylic acids is 1. The number of anilines is 1. The Bertz CT molecular complexity index is 540. The number of hydrogen-bond donors (Lipinski definition) is 2. The van der Waals surface area contributed by atoms with Crippen molar-refractivity contribution in [3.63, 3.8) is 0 Å². The number of carbonyl (C=O) groups excluding carboxylic acids is 1. The molecule has 0 radical (unpaired) electrons. The Morgan fingerprint density at radius 3 is 2.95 bits per heavy atom. The number of halogens is 1. The molecule has 1 aliphatic heterocycles. The van der Waals surface area contributed by atoms with Gasteiger partial charge in [-0.1, -0.05) is 0 Å². The quantitative estimate of drug-likeness (QED) is 0.890. The second kappa shape index (κ2) is 6.00. The summed E-state index contributed by atoms with van der Waals surface area (Å²) in [4.78, 5) is 24.2. The zero-order valence-electron chi connectivity index (χ0n) is 10.6. The fraction of sp³-hybridized carbons (Fsp3) is 0.333. The molecule has 1 unspecified atom stereocenters. The number of carboxylic acid groups (broad SMARTS) is 1. The Labute approximate surface area is 118 Å². The fourth-order valence-electron chi connectivity index (χ4n) is 1.76. The average Bonchev–Trinajstić information content (AvgIpc) is 2.90. The van der Waals surface area contributed by atoms with Crippen LogP contribution in [0, 0.1) is 5.82 Å². The van der Waals surface area contributed by atoms with Crippen molar-refractivity contribution in [1.82, 2.24) is 4.90 Å². The molecule has 8 heteroatoms. The number of rotatable bonds is 3. The molecule has 1 saturated heterocycles. The maximum Gasteiger partial charge on any atom is 0.327 e. The van der Waals surface area contributed by atoms with Crippen LogP contribution in [-0.2, 0) is 4.79 Å². The van der Waals surface area contributed by atoms with E-state index in [1.54, 1.807) is 0 Å². The topological polar surface area (TPSA) is 78.9 Å². The Balaban J connectivity index is 2.13. The van der Waals surface area contributed by atoms with E-state index in [0.29, 0.717) is 11.5 Å². The summed E-state index contributed by atoms with van der Waals surface area (Å²) in [5.74, 6) is -0.709. The van der Waals surface area contributed by atoms with Gasteiger partial charge in [0.15, 0.2) is 0 Å². The zero-order chi connectivity index (χ0) is 14.7. The molecule has 2 amide bonds. The number of nitrogens with one attached hydrogen (secondary N) is 1. The van der Waals surface area contributed by atoms with Crippen molar-refractivity contribution in [2.24, 2.45) is 0 Å². The van der Waals surface area contributed by atoms with Gasteiger partial charge in [-0.05, 0) is 12.1 Å². The van der Waals surface area contributed by atoms with E-state index >= 15 is 0 Å². The first-order valence-electron chi connectivity index (χ1n) is 5.74. The van der Waals surface area contributed by atoms with Gasteiger partial charge in [0.2, 0.25) is 0 Å². The van der Waals surface area contributed by atoms with Crippen LogP contribution in [0.1, 0.15) is 0 Å². The molecular weight excluding hydrogens is 287 g/mol. The summed E-state index contributed by atoms with van der Waals surface area (Å²) in [6.07, 6.45) is 0. The number of hydrogen-bond acceptors (Lipinski definition) is 4. The minimum Gasteiger partial charge on any atom is -0.497 e. The van der Waals surface area contributed by atoms with Crippen LogP contribution in [0.4, 0.5) is 14.9 Å². The summed E-state index contributed by atoms with van der Waals surface area (Å²) >= 11 is 1.34. The van der Waals surface area contributed by atoms with E-state index in [1.807, 2.05) is 0 Å². The summed E-state index contributed by atoms with van der Waals surface area (Å²) in [5, 5.41) is 11.4. The first-order valence-corrected chi connectivity index (χ1v) is 6.90. The van der Waals surface area contributed by atoms with Crippen molar-refractivity contribution in [2.75, 3.05) is 24.1 Å². The minimum absolute atomic E-state index is 0.0459. The van der Waals surface area contributed by atoms with Gasteiger partial charge in [0.1, 0.15) is 17.6 Å². The number of methoxy groups -OCH3 is 1. The van der Waals surface area contributed by atoms with Crippen LogP contribution in [0.15, 0.2) is 18.2 Å². The standard InChI is InChI=1S/C12H13FN2O4S/c1-19-7-2-3-8(13)9(4-7)14-12(18)15-6-20-5-10(15)11(16)17/h2-4,10H,5-6H2,1H3,(H,14,18)(H,16,17). The molecule has 1 fully saturated rings. The number of urea groups is 1. The third kappa shape index (κ3) is 2.96. The molecule has 0 aromatic heterocycles. The summed E-state index contributed by atoms with van der Waals surface area (Å²) in [6, 6.07) is 2.40. The van der Waals surface area contributed by atoms with Gasteiger partial charge in [-0.25, -0.2) is 14.0 Å². The molecule has 1 heterocycles. The van der Waals surface area contributed by atoms with E-state index in [4.69, 9.17) is 9.84 Å². The number of benzene rings is 1. The van der Waals surface area contributed by atoms with Gasteiger partial charge in [0.05, 0.1) is 18.7 Å². The lowest BCUT2D eigenvalue weighted by Gasteiger charge is -2.21. The molecule has 0 bridgehead atoms. The lowest BCUT2D eigenvalue weighted by molar-refractivity contribution is -0.140. The summed E-state index contributed by atoms with van der Waals surface area (Å²) in [5.41, 5.74) is -0.0459. The predicted molar refractivity (Wildman–Crippen MR) is 72.6 cm³/mol. The third-order valence-electron chi connectivity index (χ3n) is 2.84. The highest BCUT2D eigenvalue weighted by Gasteiger charge is 2.34. The molecule has 108 valence electrons. The molecular formula is C12H13FN2O4S. The lowest BCUT2D eigenvalue weighted by atomic mass is 10.3. The van der Waals surface area contributed by atoms with Crippen molar-refractivity contribution in [3.05, 3.63) is 24.0 Å². The van der Waals surface area contributed by atoms with E-state index in [-0.39, 0.29) is 11.6 Å². The van der Waals surface area contributed by atoms with Crippen LogP contribution in [0.25, 0.3) is 0 Å². The predicted octanol–water partition coefficient (Wildman–Crippen LogP) is 1.83. The highest BCUT2D eigenvalue weighted by Crippen LogP contribution is 2.25. The number of carboxylic acids is 1. The van der Waals surface area contributed by atoms with Gasteiger partial charge in [0.25, 0.3) is 0 Å². The average molecular weight is 300 g/mol. The molecule has 1 aromatic rings. The van der Waals surface area contributed by atoms with E-state index in [9.17, 15) is 14.0 Å². The maximum absolute atomic E-state index is 13.6. The van der Waals surface area contributed by atoms with Crippen LogP contribution < -0.4 is 10.1 Å². The number of thioether (sulfide) groups is 1. The molecule has 0 spiro atoms. The van der Waals surface area contributed by atoms with Crippen molar-refractivity contribution in [1.29, 1.82) is 0 Å². The number of nitrogens with zero attached hydrogens (tertiary/aromatic N) is 1. The lowest BCUT2D eigenvalue weighted by Crippen LogP contribution is -2.44. The number of carbonyl (C=O) groups is 2. The van der Waals surface area contributed by atoms with Gasteiger partial charge in [-0.3, -0.25) is 0 Å². The van der Waals surface area contributed by atoms with Gasteiger partial charge < -0.3 is 20.1 Å². The second-order valence-corrected chi connectivity index (χ2v) is 5.10. The van der Waals surface area contributed by atoms with Crippen molar-refractivity contribution < 1.29 is 23.8 Å². The van der Waals surface area contributed by atoms with E-state index in [2.05, 4.69) is 5.32 Å². The van der Waals surface area contributed by atoms with Crippen molar-refractivity contribution in [3.8, 4) is 5.75 Å². The van der Waals surface area contributed by atoms with Crippen LogP contribution in [0.3, 0.4) is 0 Å². The van der Waals surface area contributed by atoms with Crippen LogP contribution in [-0.4, -0.2) is 46.8 Å². The maximum atomic E-state index is 13.6. The Morgan fingerprint density at radius 2 is 2.30 bits per heavy atom. The minimum atomic E-state index is -1.07. The molecule has 20 heavy (non-hydrogen) atoms. The first kappa shape index (κ1) is 14.4. The Morgan fingerprint density at radius 1 is 1.55 bits per heavy atom. The van der Waals surface area contributed by atoms with Gasteiger partial charge >= 0.3 is 12.0 Å². The molecule has 0 saturated carbocycles. The summed E-state index contributed by atoms with van der Waals surface area (Å²) < 4.78 is 18.5. The number of amides is 2. The normalized spacial score (nSPS) is 17.9. The van der Waals surface area contributed by atoms with E-state index in [1.165, 1.54) is 37.1 Å². The van der Waals surface area contributed by atoms with Crippen molar-refractivity contribution >= 4 is 29.4 Å². The Kier molecular flexibility index (Phi) is 4.33. The van der Waals surface area contributed by atoms with E-state index < -0.39 is 23.9 Å². The molecule has 1 atom stereocenters. The Hall–Kier alpha value is -1.96. The van der Waals surface area contributed by atoms with Crippen LogP contribution in [0.2, 0.25) is 0 Å². The summed E-state index contributed by atoms with van der Waals surface area (Å²) in [6.45, 7) is 0. The molecule has 2 rings (SSSR count). The van der Waals surface area contributed by atoms with Crippen LogP contribution in [0.5, 0.6) is 5.75 Å². The monoisotopic (exact) mass is 300 g/mol. The molecule has 2 N–H and O–H groups in total. The molecule has 1 aliphatic rings. The largest absolute Gasteiger partial charge is 0.497 e. The molecule has 1 aromatic carbocycles. The molecule has 0 aliphatic carbocycles. The first-order chi connectivity index (χ1) is 9.52. The van der Waals surface area contributed by atoms with E-state index in [0.717, 1.165) is 4.90 Å². The summed E-state index contributed by atoms with van der Waals surface area (Å²) in [7, 11) is 1.43. The highest BCUT2D eigenvalue weighted by atomic mass is 32.2. The fourth-order valence-corrected chi connectivity index (χ4v) is 2.91. The smallest absolute Gasteiger partial charge is 0.327 e. The SMILES string of the molecule is COc1ccc(F)c(NC(=O)N2CSCC2C(=O)O)c1. The highest BCUT2D eigenvalue weighted by molar-refractivity contribution is 7.99. The number of ether oxygens (including phenoxy) is 1. The second-order valence-electron chi connectivity index (χ2n) is 4.10. The third-order valence-corrected chi connectivity index (χ3v) is 3.86. The van der Waals surface area contributed by atoms with Gasteiger partial charge in [0, 0.05) is 11.8 Å². The zero-order valence-corrected chi connectivity index (χ0v) is 11.4.